The van der Waals surface area contributed by atoms with Crippen molar-refractivity contribution in [1.29, 1.82) is 0 Å². The van der Waals surface area contributed by atoms with E-state index in [2.05, 4.69) is 51.7 Å². The number of aromatic amines is 1. The summed E-state index contributed by atoms with van der Waals surface area (Å²) in [5.74, 6) is 1.37. The first-order valence-corrected chi connectivity index (χ1v) is 9.82. The summed E-state index contributed by atoms with van der Waals surface area (Å²) < 4.78 is 5.96. The lowest BCUT2D eigenvalue weighted by molar-refractivity contribution is 0.483. The Labute approximate surface area is 168 Å². The minimum Gasteiger partial charge on any atom is -0.456 e. The summed E-state index contributed by atoms with van der Waals surface area (Å²) >= 11 is 6.32. The number of hydrogen-bond donors (Lipinski definition) is 2. The number of benzene rings is 3. The van der Waals surface area contributed by atoms with Gasteiger partial charge in [0.1, 0.15) is 11.5 Å². The van der Waals surface area contributed by atoms with Gasteiger partial charge < -0.3 is 15.0 Å². The number of nitrogens with zero attached hydrogens (tertiary/aromatic N) is 1. The molecular formula is C23H20ClN3O. The number of nitrogens with one attached hydrogen (secondary N) is 2. The molecule has 0 radical (unpaired) electrons. The van der Waals surface area contributed by atoms with Crippen molar-refractivity contribution in [2.45, 2.75) is 25.4 Å². The van der Waals surface area contributed by atoms with Gasteiger partial charge in [0.15, 0.2) is 0 Å². The van der Waals surface area contributed by atoms with Gasteiger partial charge in [0.2, 0.25) is 0 Å². The SMILES string of the molecule is Clc1cc2[nH]cnc2cc1Oc1ccc(CNC2Cc3ccccc3C2)cc1. The summed E-state index contributed by atoms with van der Waals surface area (Å²) in [6.45, 7) is 0.846. The standard InChI is InChI=1S/C23H20ClN3O/c24-20-11-21-22(27-14-26-21)12-23(20)28-19-7-5-15(6-8-19)13-25-18-9-16-3-1-2-4-17(16)10-18/h1-8,11-12,14,18,25H,9-10,13H2,(H,26,27). The van der Waals surface area contributed by atoms with Gasteiger partial charge in [0.25, 0.3) is 0 Å². The Hall–Kier alpha value is -2.82. The van der Waals surface area contributed by atoms with Crippen molar-refractivity contribution in [3.8, 4) is 11.5 Å². The van der Waals surface area contributed by atoms with Crippen LogP contribution in [0.5, 0.6) is 11.5 Å². The van der Waals surface area contributed by atoms with Crippen LogP contribution in [-0.2, 0) is 19.4 Å². The molecule has 1 aromatic heterocycles. The smallest absolute Gasteiger partial charge is 0.148 e. The fourth-order valence-corrected chi connectivity index (χ4v) is 3.98. The summed E-state index contributed by atoms with van der Waals surface area (Å²) in [4.78, 5) is 7.29. The Kier molecular flexibility index (Phi) is 4.51. The van der Waals surface area contributed by atoms with Gasteiger partial charge >= 0.3 is 0 Å². The van der Waals surface area contributed by atoms with Crippen LogP contribution in [0.3, 0.4) is 0 Å². The molecule has 0 aliphatic heterocycles. The van der Waals surface area contributed by atoms with Crippen molar-refractivity contribution in [1.82, 2.24) is 15.3 Å². The molecule has 3 aromatic carbocycles. The van der Waals surface area contributed by atoms with E-state index in [0.29, 0.717) is 16.8 Å². The fourth-order valence-electron chi connectivity index (χ4n) is 3.78. The van der Waals surface area contributed by atoms with E-state index >= 15 is 0 Å². The predicted octanol–water partition coefficient (Wildman–Crippen LogP) is 5.27. The first-order valence-electron chi connectivity index (χ1n) is 9.44. The van der Waals surface area contributed by atoms with Gasteiger partial charge in [-0.1, -0.05) is 48.0 Å². The van der Waals surface area contributed by atoms with E-state index in [1.54, 1.807) is 6.33 Å². The van der Waals surface area contributed by atoms with Crippen molar-refractivity contribution >= 4 is 22.6 Å². The van der Waals surface area contributed by atoms with Crippen LogP contribution in [0.25, 0.3) is 11.0 Å². The molecule has 0 atom stereocenters. The maximum absolute atomic E-state index is 6.32. The van der Waals surface area contributed by atoms with E-state index in [0.717, 1.165) is 36.2 Å². The third-order valence-corrected chi connectivity index (χ3v) is 5.57. The lowest BCUT2D eigenvalue weighted by Gasteiger charge is -2.13. The summed E-state index contributed by atoms with van der Waals surface area (Å²) in [5, 5.41) is 4.23. The minimum absolute atomic E-state index is 0.507. The second-order valence-corrected chi connectivity index (χ2v) is 7.61. The highest BCUT2D eigenvalue weighted by atomic mass is 35.5. The fraction of sp³-hybridized carbons (Fsp3) is 0.174. The zero-order valence-electron chi connectivity index (χ0n) is 15.3. The topological polar surface area (TPSA) is 49.9 Å². The van der Waals surface area contributed by atoms with Crippen LogP contribution in [0.4, 0.5) is 0 Å². The Morgan fingerprint density at radius 2 is 1.79 bits per heavy atom. The molecule has 4 nitrogen and oxygen atoms in total. The molecule has 2 N–H and O–H groups in total. The third kappa shape index (κ3) is 3.49. The molecule has 5 rings (SSSR count). The maximum atomic E-state index is 6.32. The van der Waals surface area contributed by atoms with Gasteiger partial charge in [0.05, 0.1) is 22.4 Å². The normalized spacial score (nSPS) is 13.8. The van der Waals surface area contributed by atoms with Crippen molar-refractivity contribution < 1.29 is 4.74 Å². The predicted molar refractivity (Wildman–Crippen MR) is 112 cm³/mol. The zero-order chi connectivity index (χ0) is 18.9. The second kappa shape index (κ2) is 7.30. The molecule has 0 amide bonds. The van der Waals surface area contributed by atoms with Gasteiger partial charge in [-0.2, -0.15) is 0 Å². The number of ether oxygens (including phenoxy) is 1. The van der Waals surface area contributed by atoms with Gasteiger partial charge in [-0.15, -0.1) is 0 Å². The Morgan fingerprint density at radius 3 is 2.54 bits per heavy atom. The van der Waals surface area contributed by atoms with Crippen LogP contribution in [0.2, 0.25) is 5.02 Å². The maximum Gasteiger partial charge on any atom is 0.148 e. The van der Waals surface area contributed by atoms with Gasteiger partial charge in [-0.05, 0) is 47.7 Å². The number of hydrogen-bond acceptors (Lipinski definition) is 3. The van der Waals surface area contributed by atoms with E-state index in [1.807, 2.05) is 24.3 Å². The van der Waals surface area contributed by atoms with Gasteiger partial charge in [-0.3, -0.25) is 0 Å². The molecule has 0 unspecified atom stereocenters. The molecule has 140 valence electrons. The largest absolute Gasteiger partial charge is 0.456 e. The molecule has 0 saturated carbocycles. The number of imidazole rings is 1. The number of fused-ring (bicyclic) bond motifs is 2. The number of rotatable bonds is 5. The lowest BCUT2D eigenvalue weighted by Crippen LogP contribution is -2.28. The summed E-state index contributed by atoms with van der Waals surface area (Å²) in [6, 6.07) is 21.0. The number of halogens is 1. The monoisotopic (exact) mass is 389 g/mol. The van der Waals surface area contributed by atoms with Crippen LogP contribution in [-0.4, -0.2) is 16.0 Å². The van der Waals surface area contributed by atoms with E-state index in [4.69, 9.17) is 16.3 Å². The van der Waals surface area contributed by atoms with Crippen molar-refractivity contribution in [3.63, 3.8) is 0 Å². The molecule has 1 aliphatic rings. The molecule has 0 spiro atoms. The van der Waals surface area contributed by atoms with E-state index in [1.165, 1.54) is 16.7 Å². The molecule has 0 saturated heterocycles. The van der Waals surface area contributed by atoms with E-state index in [9.17, 15) is 0 Å². The molecule has 1 heterocycles. The van der Waals surface area contributed by atoms with Crippen LogP contribution < -0.4 is 10.1 Å². The first kappa shape index (κ1) is 17.3. The Morgan fingerprint density at radius 1 is 1.04 bits per heavy atom. The van der Waals surface area contributed by atoms with E-state index < -0.39 is 0 Å². The highest BCUT2D eigenvalue weighted by Gasteiger charge is 2.20. The molecule has 0 fully saturated rings. The Bertz CT molecular complexity index is 1100. The lowest BCUT2D eigenvalue weighted by atomic mass is 10.1. The van der Waals surface area contributed by atoms with Crippen LogP contribution in [0.1, 0.15) is 16.7 Å². The zero-order valence-corrected chi connectivity index (χ0v) is 16.0. The molecule has 0 bridgehead atoms. The number of aromatic nitrogens is 2. The minimum atomic E-state index is 0.507. The van der Waals surface area contributed by atoms with Crippen molar-refractivity contribution in [2.24, 2.45) is 0 Å². The molecule has 1 aliphatic carbocycles. The molecule has 4 aromatic rings. The highest BCUT2D eigenvalue weighted by Crippen LogP contribution is 2.32. The molecule has 28 heavy (non-hydrogen) atoms. The second-order valence-electron chi connectivity index (χ2n) is 7.20. The van der Waals surface area contributed by atoms with Gasteiger partial charge in [0, 0.05) is 18.7 Å². The van der Waals surface area contributed by atoms with Gasteiger partial charge in [-0.25, -0.2) is 4.98 Å². The average molecular weight is 390 g/mol. The molecular weight excluding hydrogens is 370 g/mol. The van der Waals surface area contributed by atoms with Crippen molar-refractivity contribution in [2.75, 3.05) is 0 Å². The van der Waals surface area contributed by atoms with Crippen LogP contribution >= 0.6 is 11.6 Å². The summed E-state index contributed by atoms with van der Waals surface area (Å²) in [6.07, 6.45) is 3.85. The van der Waals surface area contributed by atoms with E-state index in [-0.39, 0.29) is 0 Å². The summed E-state index contributed by atoms with van der Waals surface area (Å²) in [5.41, 5.74) is 5.90. The quantitative estimate of drug-likeness (QED) is 0.489. The van der Waals surface area contributed by atoms with Crippen LogP contribution in [0.15, 0.2) is 67.0 Å². The highest BCUT2D eigenvalue weighted by molar-refractivity contribution is 6.32. The Balaban J connectivity index is 1.22. The average Bonchev–Trinajstić information content (AvgIpc) is 3.33. The van der Waals surface area contributed by atoms with Crippen molar-refractivity contribution in [3.05, 3.63) is 88.7 Å². The number of H-pyrrole nitrogens is 1. The third-order valence-electron chi connectivity index (χ3n) is 5.27. The van der Waals surface area contributed by atoms with Crippen LogP contribution in [0, 0.1) is 0 Å². The first-order chi connectivity index (χ1) is 13.7. The molecule has 5 heteroatoms. The summed E-state index contributed by atoms with van der Waals surface area (Å²) in [7, 11) is 0.